The minimum Gasteiger partial charge on any atom is -0.417 e. The second kappa shape index (κ2) is 6.97. The summed E-state index contributed by atoms with van der Waals surface area (Å²) in [4.78, 5) is 27.9. The Balaban J connectivity index is 1.47. The smallest absolute Gasteiger partial charge is 0.317 e. The summed E-state index contributed by atoms with van der Waals surface area (Å²) in [5.74, 6) is 0.124. The van der Waals surface area contributed by atoms with Gasteiger partial charge < -0.3 is 19.5 Å². The Morgan fingerprint density at radius 1 is 1.04 bits per heavy atom. The standard InChI is InChI=1S/C15H23N5O3/c1-11-17-18-13(23-11)14(21)19-7-9-20(10-8-19)15(22)16-12-5-3-2-4-6-12/h12H,2-10H2,1H3,(H,16,22). The molecule has 8 heteroatoms. The van der Waals surface area contributed by atoms with Crippen molar-refractivity contribution in [1.82, 2.24) is 25.3 Å². The molecule has 8 nitrogen and oxygen atoms in total. The van der Waals surface area contributed by atoms with Crippen molar-refractivity contribution in [3.63, 3.8) is 0 Å². The van der Waals surface area contributed by atoms with Gasteiger partial charge in [0.25, 0.3) is 0 Å². The maximum Gasteiger partial charge on any atom is 0.317 e. The zero-order valence-corrected chi connectivity index (χ0v) is 13.5. The largest absolute Gasteiger partial charge is 0.417 e. The van der Waals surface area contributed by atoms with Gasteiger partial charge in [0.2, 0.25) is 5.89 Å². The summed E-state index contributed by atoms with van der Waals surface area (Å²) in [5, 5.41) is 10.5. The summed E-state index contributed by atoms with van der Waals surface area (Å²) in [6.45, 7) is 3.67. The Morgan fingerprint density at radius 3 is 2.30 bits per heavy atom. The topological polar surface area (TPSA) is 91.6 Å². The molecule has 1 N–H and O–H groups in total. The van der Waals surface area contributed by atoms with Crippen molar-refractivity contribution in [1.29, 1.82) is 0 Å². The molecule has 0 aromatic carbocycles. The minimum atomic E-state index is -0.266. The van der Waals surface area contributed by atoms with E-state index in [0.717, 1.165) is 12.8 Å². The van der Waals surface area contributed by atoms with Gasteiger partial charge in [0, 0.05) is 39.1 Å². The van der Waals surface area contributed by atoms with E-state index in [4.69, 9.17) is 4.42 Å². The number of urea groups is 1. The highest BCUT2D eigenvalue weighted by atomic mass is 16.4. The lowest BCUT2D eigenvalue weighted by Gasteiger charge is -2.35. The van der Waals surface area contributed by atoms with Crippen molar-refractivity contribution in [2.75, 3.05) is 26.2 Å². The summed E-state index contributed by atoms with van der Waals surface area (Å²) < 4.78 is 5.17. The van der Waals surface area contributed by atoms with E-state index in [1.54, 1.807) is 16.7 Å². The highest BCUT2D eigenvalue weighted by Gasteiger charge is 2.28. The van der Waals surface area contributed by atoms with Crippen LogP contribution in [0.2, 0.25) is 0 Å². The van der Waals surface area contributed by atoms with Gasteiger partial charge >= 0.3 is 17.8 Å². The molecule has 3 amide bonds. The predicted octanol–water partition coefficient (Wildman–Crippen LogP) is 1.18. The fourth-order valence-corrected chi connectivity index (χ4v) is 3.14. The highest BCUT2D eigenvalue weighted by Crippen LogP contribution is 2.18. The first kappa shape index (κ1) is 15.8. The molecule has 1 aliphatic heterocycles. The molecule has 126 valence electrons. The molecule has 2 heterocycles. The van der Waals surface area contributed by atoms with Crippen LogP contribution in [0, 0.1) is 6.92 Å². The summed E-state index contributed by atoms with van der Waals surface area (Å²) in [6, 6.07) is 0.287. The first-order valence-electron chi connectivity index (χ1n) is 8.28. The van der Waals surface area contributed by atoms with Gasteiger partial charge in [0.15, 0.2) is 0 Å². The van der Waals surface area contributed by atoms with Crippen molar-refractivity contribution in [3.05, 3.63) is 11.8 Å². The van der Waals surface area contributed by atoms with E-state index in [2.05, 4.69) is 15.5 Å². The molecule has 1 saturated carbocycles. The van der Waals surface area contributed by atoms with Crippen LogP contribution in [0.25, 0.3) is 0 Å². The summed E-state index contributed by atoms with van der Waals surface area (Å²) >= 11 is 0. The molecule has 3 rings (SSSR count). The van der Waals surface area contributed by atoms with Gasteiger partial charge in [-0.1, -0.05) is 19.3 Å². The van der Waals surface area contributed by atoms with Crippen molar-refractivity contribution < 1.29 is 14.0 Å². The zero-order valence-electron chi connectivity index (χ0n) is 13.5. The molecule has 0 atom stereocenters. The predicted molar refractivity (Wildman–Crippen MR) is 81.9 cm³/mol. The molecule has 0 bridgehead atoms. The average Bonchev–Trinajstić information content (AvgIpc) is 3.02. The Kier molecular flexibility index (Phi) is 4.78. The molecule has 0 radical (unpaired) electrons. The molecule has 1 aromatic rings. The second-order valence-electron chi connectivity index (χ2n) is 6.19. The maximum absolute atomic E-state index is 12.3. The number of aromatic nitrogens is 2. The van der Waals surface area contributed by atoms with E-state index >= 15 is 0 Å². The Morgan fingerprint density at radius 2 is 1.70 bits per heavy atom. The first-order chi connectivity index (χ1) is 11.1. The number of piperazine rings is 1. The van der Waals surface area contributed by atoms with E-state index in [0.29, 0.717) is 38.1 Å². The van der Waals surface area contributed by atoms with Gasteiger partial charge in [-0.3, -0.25) is 4.79 Å². The normalized spacial score (nSPS) is 19.7. The van der Waals surface area contributed by atoms with Crippen LogP contribution in [0.4, 0.5) is 4.79 Å². The van der Waals surface area contributed by atoms with Crippen molar-refractivity contribution >= 4 is 11.9 Å². The van der Waals surface area contributed by atoms with E-state index in [9.17, 15) is 9.59 Å². The fraction of sp³-hybridized carbons (Fsp3) is 0.733. The summed E-state index contributed by atoms with van der Waals surface area (Å²) in [6.07, 6.45) is 5.79. The van der Waals surface area contributed by atoms with Crippen LogP contribution in [0.1, 0.15) is 48.7 Å². The van der Waals surface area contributed by atoms with Gasteiger partial charge in [-0.05, 0) is 12.8 Å². The van der Waals surface area contributed by atoms with E-state index in [1.807, 2.05) is 0 Å². The number of rotatable bonds is 2. The zero-order chi connectivity index (χ0) is 16.2. The van der Waals surface area contributed by atoms with Crippen LogP contribution in [0.15, 0.2) is 4.42 Å². The Bertz CT molecular complexity index is 559. The third-order valence-electron chi connectivity index (χ3n) is 4.50. The number of aryl methyl sites for hydroxylation is 1. The van der Waals surface area contributed by atoms with Crippen molar-refractivity contribution in [3.8, 4) is 0 Å². The summed E-state index contributed by atoms with van der Waals surface area (Å²) in [7, 11) is 0. The van der Waals surface area contributed by atoms with E-state index in [-0.39, 0.29) is 17.8 Å². The number of nitrogens with zero attached hydrogens (tertiary/aromatic N) is 4. The maximum atomic E-state index is 12.3. The third kappa shape index (κ3) is 3.80. The SMILES string of the molecule is Cc1nnc(C(=O)N2CCN(C(=O)NC3CCCCC3)CC2)o1. The molecule has 0 spiro atoms. The number of hydrogen-bond acceptors (Lipinski definition) is 5. The van der Waals surface area contributed by atoms with Crippen LogP contribution in [0.3, 0.4) is 0 Å². The fourth-order valence-electron chi connectivity index (χ4n) is 3.14. The number of carbonyl (C=O) groups is 2. The van der Waals surface area contributed by atoms with Crippen LogP contribution in [-0.2, 0) is 0 Å². The number of hydrogen-bond donors (Lipinski definition) is 1. The quantitative estimate of drug-likeness (QED) is 0.883. The molecular weight excluding hydrogens is 298 g/mol. The van der Waals surface area contributed by atoms with Gasteiger partial charge in [-0.25, -0.2) is 4.79 Å². The van der Waals surface area contributed by atoms with Gasteiger partial charge in [-0.2, -0.15) is 0 Å². The van der Waals surface area contributed by atoms with Crippen molar-refractivity contribution in [2.45, 2.75) is 45.1 Å². The minimum absolute atomic E-state index is 0.0161. The van der Waals surface area contributed by atoms with Gasteiger partial charge in [-0.15, -0.1) is 10.2 Å². The van der Waals surface area contributed by atoms with Crippen LogP contribution in [-0.4, -0.2) is 64.2 Å². The highest BCUT2D eigenvalue weighted by molar-refractivity contribution is 5.89. The monoisotopic (exact) mass is 321 g/mol. The van der Waals surface area contributed by atoms with Crippen LogP contribution >= 0.6 is 0 Å². The summed E-state index contributed by atoms with van der Waals surface area (Å²) in [5.41, 5.74) is 0. The van der Waals surface area contributed by atoms with Gasteiger partial charge in [0.05, 0.1) is 0 Å². The lowest BCUT2D eigenvalue weighted by molar-refractivity contribution is 0.0622. The Labute approximate surface area is 135 Å². The number of carbonyl (C=O) groups excluding carboxylic acids is 2. The molecule has 1 aromatic heterocycles. The van der Waals surface area contributed by atoms with E-state index in [1.165, 1.54) is 19.3 Å². The Hall–Kier alpha value is -2.12. The lowest BCUT2D eigenvalue weighted by Crippen LogP contribution is -2.54. The lowest BCUT2D eigenvalue weighted by atomic mass is 9.96. The molecule has 2 fully saturated rings. The first-order valence-corrected chi connectivity index (χ1v) is 8.28. The third-order valence-corrected chi connectivity index (χ3v) is 4.50. The molecule has 0 unspecified atom stereocenters. The second-order valence-corrected chi connectivity index (χ2v) is 6.19. The molecule has 1 aliphatic carbocycles. The molecular formula is C15H23N5O3. The van der Waals surface area contributed by atoms with Crippen LogP contribution in [0.5, 0.6) is 0 Å². The number of nitrogens with one attached hydrogen (secondary N) is 1. The average molecular weight is 321 g/mol. The molecule has 23 heavy (non-hydrogen) atoms. The van der Waals surface area contributed by atoms with Crippen molar-refractivity contribution in [2.24, 2.45) is 0 Å². The van der Waals surface area contributed by atoms with E-state index < -0.39 is 0 Å². The van der Waals surface area contributed by atoms with Crippen LogP contribution < -0.4 is 5.32 Å². The molecule has 1 saturated heterocycles. The molecule has 2 aliphatic rings. The van der Waals surface area contributed by atoms with Gasteiger partial charge in [0.1, 0.15) is 0 Å². The number of amides is 3.